The lowest BCUT2D eigenvalue weighted by atomic mass is 9.96. The quantitative estimate of drug-likeness (QED) is 0.158. The number of hydrogen-bond acceptors (Lipinski definition) is 2. The van der Waals surface area contributed by atoms with Crippen molar-refractivity contribution in [2.75, 3.05) is 0 Å². The van der Waals surface area contributed by atoms with Gasteiger partial charge < -0.3 is 4.74 Å². The van der Waals surface area contributed by atoms with E-state index >= 15 is 0 Å². The summed E-state index contributed by atoms with van der Waals surface area (Å²) < 4.78 is 19.7. The van der Waals surface area contributed by atoms with Crippen molar-refractivity contribution >= 4 is 27.3 Å². The molecule has 2 aromatic rings. The molecule has 0 aliphatic heterocycles. The van der Waals surface area contributed by atoms with E-state index < -0.39 is 0 Å². The highest BCUT2D eigenvalue weighted by Gasteiger charge is 2.11. The zero-order valence-electron chi connectivity index (χ0n) is 23.4. The first-order valence-electron chi connectivity index (χ1n) is 13.6. The van der Waals surface area contributed by atoms with Crippen molar-refractivity contribution in [3.63, 3.8) is 0 Å². The van der Waals surface area contributed by atoms with Crippen LogP contribution >= 0.6 is 15.9 Å². The van der Waals surface area contributed by atoms with Gasteiger partial charge in [0, 0.05) is 11.8 Å². The highest BCUT2D eigenvalue weighted by atomic mass is 79.9. The van der Waals surface area contributed by atoms with Gasteiger partial charge in [0.15, 0.2) is 0 Å². The van der Waals surface area contributed by atoms with Crippen LogP contribution < -0.4 is 4.74 Å². The van der Waals surface area contributed by atoms with Crippen molar-refractivity contribution in [2.45, 2.75) is 86.0 Å². The lowest BCUT2D eigenvalue weighted by molar-refractivity contribution is 0.443. The van der Waals surface area contributed by atoms with E-state index in [1.54, 1.807) is 12.1 Å². The molecule has 202 valence electrons. The minimum atomic E-state index is -0.247. The summed E-state index contributed by atoms with van der Waals surface area (Å²) in [6, 6.07) is 13.0. The fraction of sp³-hybridized carbons (Fsp3) is 0.424. The fourth-order valence-corrected chi connectivity index (χ4v) is 3.86. The van der Waals surface area contributed by atoms with Crippen LogP contribution in [0.2, 0.25) is 0 Å². The molecule has 1 atom stereocenters. The Hall–Kier alpha value is -2.46. The van der Waals surface area contributed by atoms with Crippen LogP contribution in [0.5, 0.6) is 5.75 Å². The fourth-order valence-electron chi connectivity index (χ4n) is 3.41. The number of rotatable bonds is 10. The number of halogens is 2. The van der Waals surface area contributed by atoms with Gasteiger partial charge in [-0.2, -0.15) is 0 Å². The predicted octanol–water partition coefficient (Wildman–Crippen LogP) is 11.5. The van der Waals surface area contributed by atoms with Gasteiger partial charge >= 0.3 is 0 Å². The zero-order valence-corrected chi connectivity index (χ0v) is 25.0. The third-order valence-electron chi connectivity index (χ3n) is 5.96. The summed E-state index contributed by atoms with van der Waals surface area (Å²) in [7, 11) is 0. The molecule has 0 N–H and O–H groups in total. The number of ether oxygens (including phenoxy) is 1. The SMILES string of the molecule is C1CCC1.C=C/C=C\C(=C/C)Oc1ccccc1.CCCC(=Nc1cc(F)c(Br)cc1C)C(C)CCC. The molecule has 0 heterocycles. The van der Waals surface area contributed by atoms with E-state index in [1.165, 1.54) is 37.5 Å². The van der Waals surface area contributed by atoms with Crippen LogP contribution in [-0.4, -0.2) is 5.71 Å². The van der Waals surface area contributed by atoms with Crippen LogP contribution in [-0.2, 0) is 0 Å². The zero-order chi connectivity index (χ0) is 27.5. The first kappa shape index (κ1) is 32.6. The lowest BCUT2D eigenvalue weighted by Crippen LogP contribution is -2.10. The molecular weight excluding hydrogens is 525 g/mol. The Labute approximate surface area is 233 Å². The molecule has 3 rings (SSSR count). The van der Waals surface area contributed by atoms with Crippen LogP contribution in [0.15, 0.2) is 88.6 Å². The van der Waals surface area contributed by atoms with Crippen molar-refractivity contribution in [1.82, 2.24) is 0 Å². The van der Waals surface area contributed by atoms with E-state index in [0.29, 0.717) is 10.4 Å². The van der Waals surface area contributed by atoms with Crippen molar-refractivity contribution in [3.8, 4) is 5.75 Å². The number of allylic oxidation sites excluding steroid dienone is 4. The maximum atomic E-state index is 13.6. The highest BCUT2D eigenvalue weighted by Crippen LogP contribution is 2.28. The van der Waals surface area contributed by atoms with E-state index in [9.17, 15) is 4.39 Å². The molecule has 0 spiro atoms. The molecule has 37 heavy (non-hydrogen) atoms. The second kappa shape index (κ2) is 19.6. The summed E-state index contributed by atoms with van der Waals surface area (Å²) >= 11 is 3.21. The van der Waals surface area contributed by atoms with E-state index in [-0.39, 0.29) is 5.82 Å². The smallest absolute Gasteiger partial charge is 0.139 e. The number of hydrogen-bond donors (Lipinski definition) is 0. The molecule has 1 saturated carbocycles. The number of benzene rings is 2. The molecule has 2 nitrogen and oxygen atoms in total. The number of nitrogens with zero attached hydrogens (tertiary/aromatic N) is 1. The second-order valence-electron chi connectivity index (χ2n) is 9.21. The van der Waals surface area contributed by atoms with Crippen molar-refractivity contribution in [1.29, 1.82) is 0 Å². The average molecular weight is 571 g/mol. The molecule has 1 fully saturated rings. The minimum absolute atomic E-state index is 0.247. The molecule has 1 aliphatic carbocycles. The normalized spacial score (nSPS) is 14.0. The second-order valence-corrected chi connectivity index (χ2v) is 10.1. The van der Waals surface area contributed by atoms with Gasteiger partial charge in [-0.1, -0.05) is 96.2 Å². The monoisotopic (exact) mass is 569 g/mol. The summed E-state index contributed by atoms with van der Waals surface area (Å²) in [4.78, 5) is 4.72. The number of aryl methyl sites for hydroxylation is 1. The standard InChI is InChI=1S/C16H23BrFN.C13H14O.C4H8/c1-5-7-11(3)15(8-6-2)19-16-10-14(18)13(17)9-12(16)4;1-3-5-9-12(4-2)14-13-10-7-6-8-11-13;1-2-4-3-1/h9-11H,5-8H2,1-4H3;3-11H,1H2,2H3;1-4H2/b;9-5-,12-4+;. The van der Waals surface area contributed by atoms with Gasteiger partial charge in [-0.3, -0.25) is 4.99 Å². The van der Waals surface area contributed by atoms with E-state index in [1.807, 2.05) is 62.4 Å². The Bertz CT molecular complexity index is 1000. The van der Waals surface area contributed by atoms with Crippen LogP contribution in [0.3, 0.4) is 0 Å². The Morgan fingerprint density at radius 1 is 1.11 bits per heavy atom. The molecule has 0 bridgehead atoms. The average Bonchev–Trinajstić information content (AvgIpc) is 2.85. The van der Waals surface area contributed by atoms with Gasteiger partial charge in [0.1, 0.15) is 17.3 Å². The van der Waals surface area contributed by atoms with Gasteiger partial charge in [0.25, 0.3) is 0 Å². The van der Waals surface area contributed by atoms with Gasteiger partial charge in [0.05, 0.1) is 10.2 Å². The van der Waals surface area contributed by atoms with Gasteiger partial charge in [-0.15, -0.1) is 0 Å². The molecule has 0 amide bonds. The maximum absolute atomic E-state index is 13.6. The largest absolute Gasteiger partial charge is 0.458 e. The Kier molecular flexibility index (Phi) is 17.3. The molecule has 0 aromatic heterocycles. The van der Waals surface area contributed by atoms with Crippen LogP contribution in [0.4, 0.5) is 10.1 Å². The maximum Gasteiger partial charge on any atom is 0.139 e. The molecular formula is C33H45BrFNO. The number of aliphatic imine (C=N–C) groups is 1. The Morgan fingerprint density at radius 2 is 1.76 bits per heavy atom. The third-order valence-corrected chi connectivity index (χ3v) is 6.57. The summed E-state index contributed by atoms with van der Waals surface area (Å²) in [6.07, 6.45) is 17.7. The number of para-hydroxylation sites is 1. The molecule has 4 heteroatoms. The van der Waals surface area contributed by atoms with Crippen LogP contribution in [0, 0.1) is 18.7 Å². The first-order valence-corrected chi connectivity index (χ1v) is 14.4. The van der Waals surface area contributed by atoms with Crippen molar-refractivity contribution < 1.29 is 9.13 Å². The topological polar surface area (TPSA) is 21.6 Å². The van der Waals surface area contributed by atoms with Crippen LogP contribution in [0.1, 0.15) is 84.6 Å². The Morgan fingerprint density at radius 3 is 2.27 bits per heavy atom. The summed E-state index contributed by atoms with van der Waals surface area (Å²) in [5, 5.41) is 0. The molecule has 1 unspecified atom stereocenters. The molecule has 2 aromatic carbocycles. The van der Waals surface area contributed by atoms with E-state index in [0.717, 1.165) is 48.4 Å². The van der Waals surface area contributed by atoms with Gasteiger partial charge in [-0.05, 0) is 84.5 Å². The third kappa shape index (κ3) is 13.6. The van der Waals surface area contributed by atoms with E-state index in [4.69, 9.17) is 9.73 Å². The summed E-state index contributed by atoms with van der Waals surface area (Å²) in [5.41, 5.74) is 2.95. The van der Waals surface area contributed by atoms with Crippen LogP contribution in [0.25, 0.3) is 0 Å². The van der Waals surface area contributed by atoms with Crippen molar-refractivity contribution in [2.24, 2.45) is 10.9 Å². The molecule has 1 aliphatic rings. The minimum Gasteiger partial charge on any atom is -0.458 e. The van der Waals surface area contributed by atoms with Gasteiger partial charge in [-0.25, -0.2) is 4.39 Å². The lowest BCUT2D eigenvalue weighted by Gasteiger charge is -2.14. The van der Waals surface area contributed by atoms with E-state index in [2.05, 4.69) is 43.3 Å². The van der Waals surface area contributed by atoms with Crippen molar-refractivity contribution in [3.05, 3.63) is 95.0 Å². The first-order chi connectivity index (χ1) is 17.9. The Balaban J connectivity index is 0.000000330. The molecule has 0 saturated heterocycles. The summed E-state index contributed by atoms with van der Waals surface area (Å²) in [5.74, 6) is 1.88. The van der Waals surface area contributed by atoms with Gasteiger partial charge in [0.2, 0.25) is 0 Å². The molecule has 0 radical (unpaired) electrons. The highest BCUT2D eigenvalue weighted by molar-refractivity contribution is 9.10. The summed E-state index contributed by atoms with van der Waals surface area (Å²) in [6.45, 7) is 14.1. The predicted molar refractivity (Wildman–Crippen MR) is 164 cm³/mol.